The van der Waals surface area contributed by atoms with Crippen molar-refractivity contribution in [2.75, 3.05) is 19.3 Å². The second kappa shape index (κ2) is 5.57. The lowest BCUT2D eigenvalue weighted by atomic mass is 9.97. The van der Waals surface area contributed by atoms with Gasteiger partial charge in [0, 0.05) is 19.3 Å². The summed E-state index contributed by atoms with van der Waals surface area (Å²) in [5.41, 5.74) is -0.00360. The number of rotatable bonds is 2. The molecule has 0 bridgehead atoms. The summed E-state index contributed by atoms with van der Waals surface area (Å²) in [6.45, 7) is 0.948. The van der Waals surface area contributed by atoms with Crippen LogP contribution in [0.15, 0.2) is 18.3 Å². The first-order valence-corrected chi connectivity index (χ1v) is 7.20. The van der Waals surface area contributed by atoms with Crippen LogP contribution in [-0.2, 0) is 0 Å². The van der Waals surface area contributed by atoms with Crippen LogP contribution in [0.25, 0.3) is 0 Å². The summed E-state index contributed by atoms with van der Waals surface area (Å²) in [5, 5.41) is 9.18. The average Bonchev–Trinajstić information content (AvgIpc) is 2.47. The molecule has 0 saturated carbocycles. The molecule has 1 fully saturated rings. The third kappa shape index (κ3) is 2.71. The number of aromatic nitrogens is 1. The predicted octanol–water partition coefficient (Wildman–Crippen LogP) is 2.08. The Morgan fingerprint density at radius 1 is 1.58 bits per heavy atom. The first kappa shape index (κ1) is 13.8. The van der Waals surface area contributed by atoms with E-state index in [1.54, 1.807) is 11.0 Å². The molecule has 0 atom stereocenters. The minimum atomic E-state index is -0.741. The van der Waals surface area contributed by atoms with Crippen molar-refractivity contribution in [3.05, 3.63) is 29.8 Å². The summed E-state index contributed by atoms with van der Waals surface area (Å²) in [7, 11) is 0. The number of piperidine rings is 1. The number of likely N-dealkylation sites (tertiary alicyclic amines) is 1. The Hall–Kier alpha value is -1.61. The third-order valence-electron chi connectivity index (χ3n) is 3.44. The molecule has 2 heterocycles. The van der Waals surface area contributed by atoms with Gasteiger partial charge in [-0.15, -0.1) is 11.8 Å². The number of thioether (sulfide) groups is 1. The molecule has 0 unspecified atom stereocenters. The van der Waals surface area contributed by atoms with Crippen molar-refractivity contribution in [3.63, 3.8) is 0 Å². The van der Waals surface area contributed by atoms with E-state index in [4.69, 9.17) is 0 Å². The van der Waals surface area contributed by atoms with Crippen molar-refractivity contribution in [1.29, 1.82) is 5.26 Å². The van der Waals surface area contributed by atoms with E-state index in [1.165, 1.54) is 24.0 Å². The van der Waals surface area contributed by atoms with Gasteiger partial charge in [0.15, 0.2) is 0 Å². The first-order chi connectivity index (χ1) is 9.12. The van der Waals surface area contributed by atoms with Gasteiger partial charge < -0.3 is 4.90 Å². The number of hydrogen-bond acceptors (Lipinski definition) is 4. The monoisotopic (exact) mass is 279 g/mol. The molecule has 1 aliphatic heterocycles. The number of carbonyl (C=O) groups excluding carboxylic acids is 1. The molecule has 0 aromatic carbocycles. The molecule has 0 N–H and O–H groups in total. The molecule has 4 nitrogen and oxygen atoms in total. The van der Waals surface area contributed by atoms with Crippen LogP contribution >= 0.6 is 11.8 Å². The van der Waals surface area contributed by atoms with Gasteiger partial charge in [-0.1, -0.05) is 0 Å². The highest BCUT2D eigenvalue weighted by Crippen LogP contribution is 2.34. The molecule has 1 aliphatic rings. The van der Waals surface area contributed by atoms with Crippen LogP contribution in [0, 0.1) is 17.3 Å². The number of nitrogens with zero attached hydrogens (tertiary/aromatic N) is 3. The van der Waals surface area contributed by atoms with Crippen LogP contribution in [0.3, 0.4) is 0 Å². The molecule has 19 heavy (non-hydrogen) atoms. The molecule has 1 aromatic heterocycles. The van der Waals surface area contributed by atoms with Crippen molar-refractivity contribution >= 4 is 17.7 Å². The second-order valence-electron chi connectivity index (χ2n) is 4.44. The lowest BCUT2D eigenvalue weighted by Crippen LogP contribution is -2.44. The Morgan fingerprint density at radius 2 is 2.26 bits per heavy atom. The quantitative estimate of drug-likeness (QED) is 0.778. The van der Waals surface area contributed by atoms with Gasteiger partial charge in [-0.2, -0.15) is 9.65 Å². The predicted molar refractivity (Wildman–Crippen MR) is 71.2 cm³/mol. The lowest BCUT2D eigenvalue weighted by Gasteiger charge is -2.36. The number of amides is 1. The highest BCUT2D eigenvalue weighted by Gasteiger charge is 2.36. The molecular formula is C13H14FN3OS. The maximum absolute atomic E-state index is 13.5. The van der Waals surface area contributed by atoms with Gasteiger partial charge in [-0.05, 0) is 31.2 Å². The van der Waals surface area contributed by atoms with Gasteiger partial charge in [0.2, 0.25) is 5.95 Å². The van der Waals surface area contributed by atoms with Crippen LogP contribution in [0.5, 0.6) is 0 Å². The Bertz CT molecular complexity index is 521. The standard InChI is InChI=1S/C13H14FN3OS/c1-19-13(9-15)4-7-17(8-5-13)12(18)10-3-2-6-16-11(10)14/h2-3,6H,4-5,7-8H2,1H3. The van der Waals surface area contributed by atoms with E-state index in [0.29, 0.717) is 25.9 Å². The summed E-state index contributed by atoms with van der Waals surface area (Å²) in [5.74, 6) is -1.09. The third-order valence-corrected chi connectivity index (χ3v) is 4.72. The van der Waals surface area contributed by atoms with Gasteiger partial charge in [-0.25, -0.2) is 4.98 Å². The van der Waals surface area contributed by atoms with E-state index >= 15 is 0 Å². The van der Waals surface area contributed by atoms with Gasteiger partial charge in [0.1, 0.15) is 4.75 Å². The highest BCUT2D eigenvalue weighted by atomic mass is 32.2. The Balaban J connectivity index is 2.09. The lowest BCUT2D eigenvalue weighted by molar-refractivity contribution is 0.0711. The van der Waals surface area contributed by atoms with Crippen LogP contribution in [0.4, 0.5) is 4.39 Å². The van der Waals surface area contributed by atoms with E-state index in [1.807, 2.05) is 6.26 Å². The molecule has 0 spiro atoms. The number of hydrogen-bond donors (Lipinski definition) is 0. The fourth-order valence-electron chi connectivity index (χ4n) is 2.15. The molecular weight excluding hydrogens is 265 g/mol. The Morgan fingerprint density at radius 3 is 2.79 bits per heavy atom. The molecule has 1 amide bonds. The number of carbonyl (C=O) groups is 1. The molecule has 6 heteroatoms. The maximum atomic E-state index is 13.5. The minimum absolute atomic E-state index is 0.00360. The molecule has 2 rings (SSSR count). The van der Waals surface area contributed by atoms with Crippen LogP contribution in [-0.4, -0.2) is 39.9 Å². The highest BCUT2D eigenvalue weighted by molar-refractivity contribution is 8.00. The van der Waals surface area contributed by atoms with E-state index in [0.717, 1.165) is 0 Å². The Kier molecular flexibility index (Phi) is 4.05. The Labute approximate surface area is 115 Å². The zero-order valence-corrected chi connectivity index (χ0v) is 11.4. The fraction of sp³-hybridized carbons (Fsp3) is 0.462. The molecule has 0 aliphatic carbocycles. The topological polar surface area (TPSA) is 57.0 Å². The zero-order valence-electron chi connectivity index (χ0n) is 10.6. The van der Waals surface area contributed by atoms with Crippen LogP contribution in [0.1, 0.15) is 23.2 Å². The summed E-state index contributed by atoms with van der Waals surface area (Å²) in [6, 6.07) is 5.30. The van der Waals surface area contributed by atoms with Gasteiger partial charge in [0.05, 0.1) is 11.6 Å². The number of halogens is 1. The van der Waals surface area contributed by atoms with Gasteiger partial charge >= 0.3 is 0 Å². The average molecular weight is 279 g/mol. The smallest absolute Gasteiger partial charge is 0.258 e. The molecule has 1 saturated heterocycles. The SMILES string of the molecule is CSC1(C#N)CCN(C(=O)c2cccnc2F)CC1. The summed E-state index contributed by atoms with van der Waals surface area (Å²) >= 11 is 1.52. The number of pyridine rings is 1. The fourth-order valence-corrected chi connectivity index (χ4v) is 2.83. The van der Waals surface area contributed by atoms with E-state index in [2.05, 4.69) is 11.1 Å². The summed E-state index contributed by atoms with van der Waals surface area (Å²) in [6.07, 6.45) is 4.44. The van der Waals surface area contributed by atoms with Crippen LogP contribution in [0.2, 0.25) is 0 Å². The molecule has 1 aromatic rings. The van der Waals surface area contributed by atoms with Gasteiger partial charge in [-0.3, -0.25) is 4.79 Å². The largest absolute Gasteiger partial charge is 0.338 e. The molecule has 0 radical (unpaired) electrons. The minimum Gasteiger partial charge on any atom is -0.338 e. The van der Waals surface area contributed by atoms with Gasteiger partial charge in [0.25, 0.3) is 5.91 Å². The van der Waals surface area contributed by atoms with Crippen molar-refractivity contribution in [1.82, 2.24) is 9.88 Å². The summed E-state index contributed by atoms with van der Waals surface area (Å²) < 4.78 is 13.1. The zero-order chi connectivity index (χ0) is 13.9. The van der Waals surface area contributed by atoms with E-state index in [-0.39, 0.29) is 11.5 Å². The van der Waals surface area contributed by atoms with Crippen LogP contribution < -0.4 is 0 Å². The normalized spacial score (nSPS) is 17.8. The summed E-state index contributed by atoms with van der Waals surface area (Å²) in [4.78, 5) is 17.2. The van der Waals surface area contributed by atoms with Crippen molar-refractivity contribution in [3.8, 4) is 6.07 Å². The number of nitriles is 1. The molecule has 100 valence electrons. The first-order valence-electron chi connectivity index (χ1n) is 5.98. The van der Waals surface area contributed by atoms with Crippen molar-refractivity contribution < 1.29 is 9.18 Å². The maximum Gasteiger partial charge on any atom is 0.258 e. The van der Waals surface area contributed by atoms with E-state index in [9.17, 15) is 14.4 Å². The van der Waals surface area contributed by atoms with Crippen molar-refractivity contribution in [2.24, 2.45) is 0 Å². The van der Waals surface area contributed by atoms with E-state index < -0.39 is 10.7 Å². The second-order valence-corrected chi connectivity index (χ2v) is 5.63. The van der Waals surface area contributed by atoms with Crippen molar-refractivity contribution in [2.45, 2.75) is 17.6 Å².